The molecule has 1 aromatic heterocycles. The molecule has 0 fully saturated rings. The van der Waals surface area contributed by atoms with E-state index in [-0.39, 0.29) is 17.5 Å². The van der Waals surface area contributed by atoms with Gasteiger partial charge >= 0.3 is 0 Å². The molecule has 0 spiro atoms. The summed E-state index contributed by atoms with van der Waals surface area (Å²) in [4.78, 5) is 27.3. The van der Waals surface area contributed by atoms with Gasteiger partial charge in [0.25, 0.3) is 5.91 Å². The van der Waals surface area contributed by atoms with Crippen LogP contribution in [-0.4, -0.2) is 34.6 Å². The van der Waals surface area contributed by atoms with Gasteiger partial charge in [-0.05, 0) is 29.8 Å². The van der Waals surface area contributed by atoms with Gasteiger partial charge in [0, 0.05) is 25.1 Å². The van der Waals surface area contributed by atoms with Crippen molar-refractivity contribution in [1.82, 2.24) is 9.99 Å². The highest BCUT2D eigenvalue weighted by molar-refractivity contribution is 6.06. The first-order valence-electron chi connectivity index (χ1n) is 7.83. The van der Waals surface area contributed by atoms with Gasteiger partial charge in [-0.25, -0.2) is 9.99 Å². The van der Waals surface area contributed by atoms with E-state index in [2.05, 4.69) is 15.4 Å². The summed E-state index contributed by atoms with van der Waals surface area (Å²) in [5.41, 5.74) is 2.28. The van der Waals surface area contributed by atoms with E-state index in [0.29, 0.717) is 12.1 Å². The van der Waals surface area contributed by atoms with Crippen LogP contribution < -0.4 is 5.32 Å². The molecule has 0 saturated heterocycles. The number of anilines is 1. The van der Waals surface area contributed by atoms with Crippen molar-refractivity contribution in [3.05, 3.63) is 59.7 Å². The molecule has 7 heteroatoms. The maximum Gasteiger partial charge on any atom is 0.274 e. The zero-order valence-electron chi connectivity index (χ0n) is 13.9. The summed E-state index contributed by atoms with van der Waals surface area (Å²) in [6.07, 6.45) is 0.416. The molecule has 1 aliphatic rings. The molecular formula is C18H17FN4O2. The second kappa shape index (κ2) is 6.80. The number of rotatable bonds is 3. The molecule has 0 radical (unpaired) electrons. The Morgan fingerprint density at radius 1 is 1.24 bits per heavy atom. The third-order valence-corrected chi connectivity index (χ3v) is 3.95. The molecule has 2 amide bonds. The van der Waals surface area contributed by atoms with Crippen LogP contribution in [0.15, 0.2) is 47.6 Å². The molecule has 0 aliphatic carbocycles. The summed E-state index contributed by atoms with van der Waals surface area (Å²) in [6.45, 7) is 1.95. The number of benzene rings is 1. The lowest BCUT2D eigenvalue weighted by molar-refractivity contribution is -0.131. The number of hydrogen-bond acceptors (Lipinski definition) is 4. The summed E-state index contributed by atoms with van der Waals surface area (Å²) in [6, 6.07) is 11.2. The molecule has 0 saturated carbocycles. The second-order valence-corrected chi connectivity index (χ2v) is 5.88. The van der Waals surface area contributed by atoms with Gasteiger partial charge in [0.2, 0.25) is 11.9 Å². The third kappa shape index (κ3) is 3.71. The summed E-state index contributed by atoms with van der Waals surface area (Å²) in [5.74, 6) is -1.17. The topological polar surface area (TPSA) is 74.7 Å². The van der Waals surface area contributed by atoms with Crippen molar-refractivity contribution in [2.45, 2.75) is 13.3 Å². The van der Waals surface area contributed by atoms with E-state index in [1.54, 1.807) is 19.2 Å². The maximum absolute atomic E-state index is 13.1. The van der Waals surface area contributed by atoms with Crippen molar-refractivity contribution in [1.29, 1.82) is 0 Å². The van der Waals surface area contributed by atoms with E-state index in [1.807, 2.05) is 19.1 Å². The number of nitrogens with zero attached hydrogens (tertiary/aromatic N) is 3. The van der Waals surface area contributed by atoms with Gasteiger partial charge < -0.3 is 5.32 Å². The fourth-order valence-electron chi connectivity index (χ4n) is 2.60. The Balaban J connectivity index is 1.75. The Labute approximate surface area is 144 Å². The Morgan fingerprint density at radius 2 is 1.96 bits per heavy atom. The number of aromatic nitrogens is 1. The van der Waals surface area contributed by atoms with Crippen LogP contribution in [0.1, 0.15) is 29.4 Å². The second-order valence-electron chi connectivity index (χ2n) is 5.88. The van der Waals surface area contributed by atoms with Crippen molar-refractivity contribution in [2.24, 2.45) is 11.0 Å². The number of hydrazone groups is 1. The lowest BCUT2D eigenvalue weighted by atomic mass is 9.94. The van der Waals surface area contributed by atoms with Crippen molar-refractivity contribution >= 4 is 23.2 Å². The van der Waals surface area contributed by atoms with Crippen LogP contribution in [0.2, 0.25) is 0 Å². The van der Waals surface area contributed by atoms with E-state index in [0.717, 1.165) is 11.3 Å². The number of pyridine rings is 1. The highest BCUT2D eigenvalue weighted by Gasteiger charge is 2.25. The zero-order valence-corrected chi connectivity index (χ0v) is 13.9. The lowest BCUT2D eigenvalue weighted by Crippen LogP contribution is -2.33. The number of hydrogen-bond donors (Lipinski definition) is 1. The van der Waals surface area contributed by atoms with Gasteiger partial charge in [0.15, 0.2) is 0 Å². The monoisotopic (exact) mass is 340 g/mol. The largest absolute Gasteiger partial charge is 0.321 e. The van der Waals surface area contributed by atoms with Gasteiger partial charge in [0.1, 0.15) is 5.69 Å². The van der Waals surface area contributed by atoms with Crippen LogP contribution >= 0.6 is 0 Å². The quantitative estimate of drug-likeness (QED) is 0.873. The summed E-state index contributed by atoms with van der Waals surface area (Å²) in [5, 5.41) is 8.34. The van der Waals surface area contributed by atoms with Gasteiger partial charge in [-0.2, -0.15) is 9.49 Å². The number of carbonyl (C=O) groups is 2. The third-order valence-electron chi connectivity index (χ3n) is 3.95. The maximum atomic E-state index is 13.1. The average Bonchev–Trinajstić information content (AvgIpc) is 2.59. The van der Waals surface area contributed by atoms with Gasteiger partial charge in [0.05, 0.1) is 5.71 Å². The smallest absolute Gasteiger partial charge is 0.274 e. The molecule has 1 aliphatic heterocycles. The Bertz CT molecular complexity index is 848. The molecule has 6 nitrogen and oxygen atoms in total. The van der Waals surface area contributed by atoms with Crippen LogP contribution in [0.3, 0.4) is 0 Å². The summed E-state index contributed by atoms with van der Waals surface area (Å²) < 4.78 is 13.1. The van der Waals surface area contributed by atoms with Crippen LogP contribution in [-0.2, 0) is 4.79 Å². The van der Waals surface area contributed by atoms with Gasteiger partial charge in [-0.15, -0.1) is 0 Å². The summed E-state index contributed by atoms with van der Waals surface area (Å²) in [7, 11) is 1.63. The van der Waals surface area contributed by atoms with E-state index in [1.165, 1.54) is 23.2 Å². The van der Waals surface area contributed by atoms with Crippen molar-refractivity contribution in [3.63, 3.8) is 0 Å². The van der Waals surface area contributed by atoms with Crippen molar-refractivity contribution in [3.8, 4) is 0 Å². The molecule has 1 unspecified atom stereocenters. The van der Waals surface area contributed by atoms with E-state index < -0.39 is 11.9 Å². The summed E-state index contributed by atoms with van der Waals surface area (Å²) >= 11 is 0. The fourth-order valence-corrected chi connectivity index (χ4v) is 2.60. The van der Waals surface area contributed by atoms with Gasteiger partial charge in [-0.1, -0.05) is 25.1 Å². The van der Waals surface area contributed by atoms with E-state index in [9.17, 15) is 14.0 Å². The average molecular weight is 340 g/mol. The predicted octanol–water partition coefficient (Wildman–Crippen LogP) is 2.68. The van der Waals surface area contributed by atoms with Crippen LogP contribution in [0.5, 0.6) is 0 Å². The molecule has 1 atom stereocenters. The molecular weight excluding hydrogens is 323 g/mol. The number of nitrogens with one attached hydrogen (secondary N) is 1. The molecule has 2 aromatic rings. The molecule has 3 rings (SSSR count). The molecule has 2 heterocycles. The first kappa shape index (κ1) is 16.8. The molecule has 128 valence electrons. The highest BCUT2D eigenvalue weighted by Crippen LogP contribution is 2.21. The minimum atomic E-state index is -0.703. The molecule has 1 aromatic carbocycles. The minimum absolute atomic E-state index is 0.00879. The fraction of sp³-hybridized carbons (Fsp3) is 0.222. The van der Waals surface area contributed by atoms with Crippen molar-refractivity contribution < 1.29 is 14.0 Å². The first-order chi connectivity index (χ1) is 11.9. The zero-order chi connectivity index (χ0) is 18.0. The van der Waals surface area contributed by atoms with E-state index in [4.69, 9.17) is 0 Å². The predicted molar refractivity (Wildman–Crippen MR) is 91.7 cm³/mol. The SMILES string of the molecule is CC1CC(=O)N(C)N=C1c1ccc(NC(=O)c2cccc(F)n2)cc1. The lowest BCUT2D eigenvalue weighted by Gasteiger charge is -2.24. The first-order valence-corrected chi connectivity index (χ1v) is 7.83. The standard InChI is InChI=1S/C18H17FN4O2/c1-11-10-16(24)23(2)22-17(11)12-6-8-13(9-7-12)20-18(25)14-4-3-5-15(19)21-14/h3-9,11H,10H2,1-2H3,(H,20,25). The minimum Gasteiger partial charge on any atom is -0.321 e. The number of carbonyl (C=O) groups excluding carboxylic acids is 2. The molecule has 0 bridgehead atoms. The Morgan fingerprint density at radius 3 is 2.64 bits per heavy atom. The Kier molecular flexibility index (Phi) is 4.56. The van der Waals surface area contributed by atoms with Crippen LogP contribution in [0.4, 0.5) is 10.1 Å². The number of amides is 2. The van der Waals surface area contributed by atoms with E-state index >= 15 is 0 Å². The van der Waals surface area contributed by atoms with Crippen LogP contribution in [0, 0.1) is 11.9 Å². The number of halogens is 1. The van der Waals surface area contributed by atoms with Gasteiger partial charge in [-0.3, -0.25) is 9.59 Å². The van der Waals surface area contributed by atoms with Crippen molar-refractivity contribution in [2.75, 3.05) is 12.4 Å². The highest BCUT2D eigenvalue weighted by atomic mass is 19.1. The molecule has 1 N–H and O–H groups in total. The Hall–Kier alpha value is -3.09. The molecule has 25 heavy (non-hydrogen) atoms. The normalized spacial score (nSPS) is 17.2. The van der Waals surface area contributed by atoms with Crippen LogP contribution in [0.25, 0.3) is 0 Å².